The average Bonchev–Trinajstić information content (AvgIpc) is 2.70. The monoisotopic (exact) mass is 356 g/mol. The molecule has 0 spiro atoms. The molecule has 0 saturated carbocycles. The fraction of sp³-hybridized carbons (Fsp3) is 0.211. The zero-order valence-electron chi connectivity index (χ0n) is 14.6. The number of aryl methyl sites for hydroxylation is 1. The topological polar surface area (TPSA) is 93.7 Å². The van der Waals surface area contributed by atoms with Gasteiger partial charge in [-0.25, -0.2) is 0 Å². The van der Waals surface area contributed by atoms with Crippen LogP contribution in [0.4, 0.5) is 0 Å². The standard InChI is InChI=1S/C19H20N2O5/c1-3-13-4-7-15(8-5-13)19(24)21-20-18(23)12-26-16-9-6-14(11-22)10-17(16)25-2/h4-11H,3,12H2,1-2H3,(H,20,23)(H,21,24). The summed E-state index contributed by atoms with van der Waals surface area (Å²) in [6, 6.07) is 11.7. The molecule has 26 heavy (non-hydrogen) atoms. The molecule has 7 nitrogen and oxygen atoms in total. The first-order valence-corrected chi connectivity index (χ1v) is 8.01. The molecule has 0 heterocycles. The predicted molar refractivity (Wildman–Crippen MR) is 95.3 cm³/mol. The molecule has 0 aliphatic carbocycles. The van der Waals surface area contributed by atoms with Crippen LogP contribution in [0.3, 0.4) is 0 Å². The molecule has 2 amide bonds. The number of hydrazine groups is 1. The first kappa shape index (κ1) is 19.0. The SMILES string of the molecule is CCc1ccc(C(=O)NNC(=O)COc2ccc(C=O)cc2OC)cc1. The van der Waals surface area contributed by atoms with Gasteiger partial charge in [-0.1, -0.05) is 19.1 Å². The molecular formula is C19H20N2O5. The number of nitrogens with one attached hydrogen (secondary N) is 2. The van der Waals surface area contributed by atoms with Crippen LogP contribution >= 0.6 is 0 Å². The second-order valence-electron chi connectivity index (χ2n) is 5.37. The second-order valence-corrected chi connectivity index (χ2v) is 5.37. The zero-order valence-corrected chi connectivity index (χ0v) is 14.6. The Morgan fingerprint density at radius 1 is 1.04 bits per heavy atom. The van der Waals surface area contributed by atoms with E-state index in [0.717, 1.165) is 12.0 Å². The molecule has 0 fully saturated rings. The molecule has 7 heteroatoms. The zero-order chi connectivity index (χ0) is 18.9. The first-order chi connectivity index (χ1) is 12.6. The summed E-state index contributed by atoms with van der Waals surface area (Å²) < 4.78 is 10.5. The number of hydrogen-bond donors (Lipinski definition) is 2. The van der Waals surface area contributed by atoms with Gasteiger partial charge in [0.25, 0.3) is 11.8 Å². The minimum atomic E-state index is -0.537. The van der Waals surface area contributed by atoms with Gasteiger partial charge in [0.1, 0.15) is 6.29 Å². The van der Waals surface area contributed by atoms with Crippen LogP contribution in [0.25, 0.3) is 0 Å². The number of aldehydes is 1. The average molecular weight is 356 g/mol. The lowest BCUT2D eigenvalue weighted by molar-refractivity contribution is -0.123. The number of hydrogen-bond acceptors (Lipinski definition) is 5. The number of carbonyl (C=O) groups excluding carboxylic acids is 3. The molecule has 0 aromatic heterocycles. The molecule has 0 atom stereocenters. The van der Waals surface area contributed by atoms with Gasteiger partial charge >= 0.3 is 0 Å². The number of ether oxygens (including phenoxy) is 2. The Morgan fingerprint density at radius 3 is 2.38 bits per heavy atom. The van der Waals surface area contributed by atoms with E-state index < -0.39 is 11.8 Å². The summed E-state index contributed by atoms with van der Waals surface area (Å²) >= 11 is 0. The number of methoxy groups -OCH3 is 1. The Hall–Kier alpha value is -3.35. The van der Waals surface area contributed by atoms with Crippen molar-refractivity contribution in [1.82, 2.24) is 10.9 Å². The van der Waals surface area contributed by atoms with Crippen LogP contribution in [-0.2, 0) is 11.2 Å². The van der Waals surface area contributed by atoms with Gasteiger partial charge in [-0.15, -0.1) is 0 Å². The van der Waals surface area contributed by atoms with Gasteiger partial charge in [0.2, 0.25) is 0 Å². The Kier molecular flexibility index (Phi) is 6.73. The number of carbonyl (C=O) groups is 3. The Bertz CT molecular complexity index is 787. The van der Waals surface area contributed by atoms with Gasteiger partial charge in [0, 0.05) is 11.1 Å². The van der Waals surface area contributed by atoms with E-state index in [2.05, 4.69) is 10.9 Å². The molecule has 136 valence electrons. The lowest BCUT2D eigenvalue weighted by Crippen LogP contribution is -2.43. The van der Waals surface area contributed by atoms with E-state index in [1.807, 2.05) is 19.1 Å². The molecule has 0 unspecified atom stereocenters. The number of benzene rings is 2. The van der Waals surface area contributed by atoms with Crippen molar-refractivity contribution in [2.45, 2.75) is 13.3 Å². The summed E-state index contributed by atoms with van der Waals surface area (Å²) in [7, 11) is 1.43. The maximum absolute atomic E-state index is 12.0. The van der Waals surface area contributed by atoms with Crippen molar-refractivity contribution >= 4 is 18.1 Å². The Morgan fingerprint density at radius 2 is 1.77 bits per heavy atom. The van der Waals surface area contributed by atoms with Crippen LogP contribution in [0.1, 0.15) is 33.2 Å². The van der Waals surface area contributed by atoms with Crippen LogP contribution in [0.15, 0.2) is 42.5 Å². The van der Waals surface area contributed by atoms with Crippen LogP contribution < -0.4 is 20.3 Å². The van der Waals surface area contributed by atoms with Gasteiger partial charge < -0.3 is 9.47 Å². The fourth-order valence-electron chi connectivity index (χ4n) is 2.15. The Labute approximate surface area is 151 Å². The van der Waals surface area contributed by atoms with E-state index in [1.54, 1.807) is 18.2 Å². The van der Waals surface area contributed by atoms with Crippen LogP contribution in [0.2, 0.25) is 0 Å². The van der Waals surface area contributed by atoms with Crippen molar-refractivity contribution in [3.05, 3.63) is 59.2 Å². The summed E-state index contributed by atoms with van der Waals surface area (Å²) in [5.41, 5.74) is 6.59. The van der Waals surface area contributed by atoms with Gasteiger partial charge in [-0.3, -0.25) is 25.2 Å². The molecular weight excluding hydrogens is 336 g/mol. The largest absolute Gasteiger partial charge is 0.493 e. The van der Waals surface area contributed by atoms with E-state index >= 15 is 0 Å². The van der Waals surface area contributed by atoms with Gasteiger partial charge in [0.05, 0.1) is 7.11 Å². The molecule has 2 aromatic rings. The number of rotatable bonds is 7. The molecule has 0 aliphatic heterocycles. The predicted octanol–water partition coefficient (Wildman–Crippen LogP) is 1.91. The van der Waals surface area contributed by atoms with E-state index in [9.17, 15) is 14.4 Å². The maximum atomic E-state index is 12.0. The molecule has 2 rings (SSSR count). The highest BCUT2D eigenvalue weighted by Gasteiger charge is 2.10. The molecule has 0 saturated heterocycles. The minimum Gasteiger partial charge on any atom is -0.493 e. The highest BCUT2D eigenvalue weighted by molar-refractivity contribution is 5.95. The van der Waals surface area contributed by atoms with Crippen molar-refractivity contribution in [2.75, 3.05) is 13.7 Å². The van der Waals surface area contributed by atoms with Crippen molar-refractivity contribution in [3.8, 4) is 11.5 Å². The Balaban J connectivity index is 1.85. The molecule has 0 radical (unpaired) electrons. The van der Waals surface area contributed by atoms with Gasteiger partial charge in [0.15, 0.2) is 18.1 Å². The molecule has 2 N–H and O–H groups in total. The molecule has 0 aliphatic rings. The van der Waals surface area contributed by atoms with Gasteiger partial charge in [-0.05, 0) is 42.3 Å². The summed E-state index contributed by atoms with van der Waals surface area (Å²) in [6.45, 7) is 1.70. The van der Waals surface area contributed by atoms with Crippen molar-refractivity contribution in [2.24, 2.45) is 0 Å². The molecule has 0 bridgehead atoms. The third-order valence-electron chi connectivity index (χ3n) is 3.62. The van der Waals surface area contributed by atoms with Crippen molar-refractivity contribution in [3.63, 3.8) is 0 Å². The highest BCUT2D eigenvalue weighted by atomic mass is 16.5. The van der Waals surface area contributed by atoms with Crippen LogP contribution in [0.5, 0.6) is 11.5 Å². The van der Waals surface area contributed by atoms with E-state index in [0.29, 0.717) is 28.9 Å². The molecule has 2 aromatic carbocycles. The summed E-state index contributed by atoms with van der Waals surface area (Å²) in [6.07, 6.45) is 1.56. The minimum absolute atomic E-state index is 0.315. The highest BCUT2D eigenvalue weighted by Crippen LogP contribution is 2.27. The van der Waals surface area contributed by atoms with Crippen molar-refractivity contribution in [1.29, 1.82) is 0 Å². The lowest BCUT2D eigenvalue weighted by Gasteiger charge is -2.11. The summed E-state index contributed by atoms with van der Waals surface area (Å²) in [5, 5.41) is 0. The van der Waals surface area contributed by atoms with E-state index in [4.69, 9.17) is 9.47 Å². The number of amides is 2. The van der Waals surface area contributed by atoms with E-state index in [-0.39, 0.29) is 6.61 Å². The first-order valence-electron chi connectivity index (χ1n) is 8.01. The lowest BCUT2D eigenvalue weighted by atomic mass is 10.1. The fourth-order valence-corrected chi connectivity index (χ4v) is 2.15. The summed E-state index contributed by atoms with van der Waals surface area (Å²) in [5.74, 6) is -0.309. The van der Waals surface area contributed by atoms with Crippen molar-refractivity contribution < 1.29 is 23.9 Å². The third kappa shape index (κ3) is 5.07. The van der Waals surface area contributed by atoms with Crippen LogP contribution in [-0.4, -0.2) is 31.8 Å². The summed E-state index contributed by atoms with van der Waals surface area (Å²) in [4.78, 5) is 34.6. The normalized spacial score (nSPS) is 9.92. The second kappa shape index (κ2) is 9.22. The van der Waals surface area contributed by atoms with Crippen LogP contribution in [0, 0.1) is 0 Å². The van der Waals surface area contributed by atoms with E-state index in [1.165, 1.54) is 19.2 Å². The third-order valence-corrected chi connectivity index (χ3v) is 3.62. The quantitative estimate of drug-likeness (QED) is 0.584. The smallest absolute Gasteiger partial charge is 0.276 e. The maximum Gasteiger partial charge on any atom is 0.276 e. The van der Waals surface area contributed by atoms with Gasteiger partial charge in [-0.2, -0.15) is 0 Å².